The Hall–Kier alpha value is -1.51. The van der Waals surface area contributed by atoms with Crippen LogP contribution in [0.25, 0.3) is 0 Å². The molecule has 1 rings (SSSR count). The van der Waals surface area contributed by atoms with Gasteiger partial charge in [0.2, 0.25) is 5.91 Å². The highest BCUT2D eigenvalue weighted by Crippen LogP contribution is 2.15. The van der Waals surface area contributed by atoms with Crippen molar-refractivity contribution in [3.8, 4) is 6.07 Å². The van der Waals surface area contributed by atoms with Crippen LogP contribution in [0.2, 0.25) is 0 Å². The van der Waals surface area contributed by atoms with Crippen LogP contribution in [0.15, 0.2) is 30.3 Å². The summed E-state index contributed by atoms with van der Waals surface area (Å²) in [5, 5.41) is 8.83. The summed E-state index contributed by atoms with van der Waals surface area (Å²) in [7, 11) is 0. The van der Waals surface area contributed by atoms with Crippen molar-refractivity contribution in [3.05, 3.63) is 30.3 Å². The van der Waals surface area contributed by atoms with Gasteiger partial charge in [0.1, 0.15) is 6.54 Å². The van der Waals surface area contributed by atoms with Crippen LogP contribution in [0.5, 0.6) is 0 Å². The Kier molecular flexibility index (Phi) is 7.01. The van der Waals surface area contributed by atoms with E-state index in [9.17, 15) is 4.79 Å². The number of nitriles is 1. The van der Waals surface area contributed by atoms with Crippen molar-refractivity contribution in [3.63, 3.8) is 0 Å². The lowest BCUT2D eigenvalue weighted by Crippen LogP contribution is -2.33. The highest BCUT2D eigenvalue weighted by Gasteiger charge is 2.15. The van der Waals surface area contributed by atoms with E-state index in [0.717, 1.165) is 11.4 Å². The summed E-state index contributed by atoms with van der Waals surface area (Å²) in [5.74, 6) is 1.60. The maximum atomic E-state index is 12.1. The molecule has 1 amide bonds. The topological polar surface area (TPSA) is 70.1 Å². The summed E-state index contributed by atoms with van der Waals surface area (Å²) in [6.07, 6.45) is 0. The molecule has 2 N–H and O–H groups in total. The number of para-hydroxylation sites is 1. The molecule has 0 saturated carbocycles. The van der Waals surface area contributed by atoms with E-state index < -0.39 is 0 Å². The van der Waals surface area contributed by atoms with E-state index in [-0.39, 0.29) is 12.5 Å². The molecular weight excluding hydrogens is 258 g/mol. The molecule has 0 bridgehead atoms. The zero-order chi connectivity index (χ0) is 14.1. The number of amides is 1. The van der Waals surface area contributed by atoms with E-state index in [1.807, 2.05) is 36.4 Å². The Morgan fingerprint density at radius 3 is 2.74 bits per heavy atom. The number of carbonyl (C=O) groups is 1. The number of carbonyl (C=O) groups excluding carboxylic acids is 1. The number of hydrogen-bond donors (Lipinski definition) is 1. The van der Waals surface area contributed by atoms with Crippen molar-refractivity contribution in [2.45, 2.75) is 6.92 Å². The van der Waals surface area contributed by atoms with Crippen LogP contribution < -0.4 is 10.6 Å². The van der Waals surface area contributed by atoms with Gasteiger partial charge in [-0.05, 0) is 30.3 Å². The molecule has 1 aromatic rings. The number of nitrogens with zero attached hydrogens (tertiary/aromatic N) is 2. The molecular formula is C14H19N3OS. The van der Waals surface area contributed by atoms with Crippen LogP contribution in [0, 0.1) is 17.2 Å². The first-order valence-electron chi connectivity index (χ1n) is 6.19. The third-order valence-corrected chi connectivity index (χ3v) is 3.88. The number of hydrogen-bond acceptors (Lipinski definition) is 4. The maximum absolute atomic E-state index is 12.1. The van der Waals surface area contributed by atoms with Crippen molar-refractivity contribution in [2.24, 2.45) is 11.7 Å². The molecule has 0 fully saturated rings. The van der Waals surface area contributed by atoms with Gasteiger partial charge in [-0.15, -0.1) is 0 Å². The van der Waals surface area contributed by atoms with Gasteiger partial charge < -0.3 is 5.73 Å². The summed E-state index contributed by atoms with van der Waals surface area (Å²) < 4.78 is 0. The van der Waals surface area contributed by atoms with Gasteiger partial charge in [-0.1, -0.05) is 25.1 Å². The second-order valence-corrected chi connectivity index (χ2v) is 5.36. The molecule has 102 valence electrons. The smallest absolute Gasteiger partial charge is 0.237 e. The molecule has 0 aromatic heterocycles. The third kappa shape index (κ3) is 5.33. The van der Waals surface area contributed by atoms with E-state index in [0.29, 0.717) is 18.2 Å². The zero-order valence-electron chi connectivity index (χ0n) is 11.1. The average molecular weight is 277 g/mol. The Morgan fingerprint density at radius 2 is 2.16 bits per heavy atom. The Bertz CT molecular complexity index is 430. The van der Waals surface area contributed by atoms with Crippen molar-refractivity contribution in [2.75, 3.05) is 29.5 Å². The van der Waals surface area contributed by atoms with Crippen molar-refractivity contribution in [1.29, 1.82) is 5.26 Å². The molecule has 4 nitrogen and oxygen atoms in total. The van der Waals surface area contributed by atoms with Gasteiger partial charge in [-0.3, -0.25) is 9.69 Å². The predicted molar refractivity (Wildman–Crippen MR) is 80.0 cm³/mol. The second-order valence-electron chi connectivity index (χ2n) is 4.33. The summed E-state index contributed by atoms with van der Waals surface area (Å²) in [5.41, 5.74) is 6.30. The van der Waals surface area contributed by atoms with Crippen molar-refractivity contribution in [1.82, 2.24) is 0 Å². The first-order valence-corrected chi connectivity index (χ1v) is 7.34. The Labute approximate surface area is 118 Å². The first-order chi connectivity index (χ1) is 9.19. The largest absolute Gasteiger partial charge is 0.330 e. The van der Waals surface area contributed by atoms with Gasteiger partial charge in [0.05, 0.1) is 11.8 Å². The molecule has 1 unspecified atom stereocenters. The van der Waals surface area contributed by atoms with Gasteiger partial charge >= 0.3 is 0 Å². The minimum Gasteiger partial charge on any atom is -0.330 e. The van der Waals surface area contributed by atoms with E-state index >= 15 is 0 Å². The van der Waals surface area contributed by atoms with Crippen LogP contribution in [-0.4, -0.2) is 30.5 Å². The van der Waals surface area contributed by atoms with Gasteiger partial charge in [-0.25, -0.2) is 0 Å². The molecule has 0 aliphatic carbocycles. The Morgan fingerprint density at radius 1 is 1.47 bits per heavy atom. The second kappa shape index (κ2) is 8.57. The van der Waals surface area contributed by atoms with Gasteiger partial charge in [-0.2, -0.15) is 17.0 Å². The highest BCUT2D eigenvalue weighted by molar-refractivity contribution is 7.99. The van der Waals surface area contributed by atoms with E-state index in [4.69, 9.17) is 11.0 Å². The monoisotopic (exact) mass is 277 g/mol. The van der Waals surface area contributed by atoms with Crippen molar-refractivity contribution < 1.29 is 4.79 Å². The molecule has 5 heteroatoms. The van der Waals surface area contributed by atoms with Gasteiger partial charge in [0.15, 0.2) is 0 Å². The number of rotatable bonds is 7. The summed E-state index contributed by atoms with van der Waals surface area (Å²) in [6.45, 7) is 2.76. The maximum Gasteiger partial charge on any atom is 0.237 e. The number of nitrogens with two attached hydrogens (primary N) is 1. The first kappa shape index (κ1) is 15.5. The fraction of sp³-hybridized carbons (Fsp3) is 0.429. The molecule has 19 heavy (non-hydrogen) atoms. The standard InChI is InChI=1S/C14H19N3OS/c1-12(9-16)10-19-11-14(18)17(8-7-15)13-5-3-2-4-6-13/h2-6,12H,8-11,16H2,1H3. The highest BCUT2D eigenvalue weighted by atomic mass is 32.2. The Balaban J connectivity index is 2.57. The normalized spacial score (nSPS) is 11.6. The number of benzene rings is 1. The summed E-state index contributed by atoms with van der Waals surface area (Å²) >= 11 is 1.56. The van der Waals surface area contributed by atoms with Crippen LogP contribution in [0.3, 0.4) is 0 Å². The van der Waals surface area contributed by atoms with E-state index in [2.05, 4.69) is 6.92 Å². The van der Waals surface area contributed by atoms with Crippen molar-refractivity contribution >= 4 is 23.4 Å². The van der Waals surface area contributed by atoms with Gasteiger partial charge in [0.25, 0.3) is 0 Å². The predicted octanol–water partition coefficient (Wildman–Crippen LogP) is 1.87. The summed E-state index contributed by atoms with van der Waals surface area (Å²) in [4.78, 5) is 13.6. The lowest BCUT2D eigenvalue weighted by molar-refractivity contribution is -0.116. The zero-order valence-corrected chi connectivity index (χ0v) is 11.9. The fourth-order valence-electron chi connectivity index (χ4n) is 1.50. The quantitative estimate of drug-likeness (QED) is 0.772. The molecule has 0 saturated heterocycles. The summed E-state index contributed by atoms with van der Waals surface area (Å²) in [6, 6.07) is 11.3. The molecule has 1 atom stereocenters. The molecule has 0 aliphatic rings. The molecule has 1 aromatic carbocycles. The van der Waals surface area contributed by atoms with E-state index in [1.165, 1.54) is 4.90 Å². The van der Waals surface area contributed by atoms with E-state index in [1.54, 1.807) is 11.8 Å². The average Bonchev–Trinajstić information content (AvgIpc) is 2.45. The van der Waals surface area contributed by atoms with Gasteiger partial charge in [0, 0.05) is 5.69 Å². The fourth-order valence-corrected chi connectivity index (χ4v) is 2.48. The van der Waals surface area contributed by atoms with Crippen LogP contribution in [0.1, 0.15) is 6.92 Å². The number of anilines is 1. The molecule has 0 aliphatic heterocycles. The molecule has 0 heterocycles. The SMILES string of the molecule is CC(CN)CSCC(=O)N(CC#N)c1ccccc1. The number of thioether (sulfide) groups is 1. The molecule has 0 radical (unpaired) electrons. The molecule has 0 spiro atoms. The minimum atomic E-state index is -0.0398. The van der Waals surface area contributed by atoms with Crippen LogP contribution >= 0.6 is 11.8 Å². The van der Waals surface area contributed by atoms with Crippen LogP contribution in [-0.2, 0) is 4.79 Å². The third-order valence-electron chi connectivity index (χ3n) is 2.63. The lowest BCUT2D eigenvalue weighted by Gasteiger charge is -2.19. The minimum absolute atomic E-state index is 0.0398. The van der Waals surface area contributed by atoms with Crippen LogP contribution in [0.4, 0.5) is 5.69 Å². The lowest BCUT2D eigenvalue weighted by atomic mass is 10.2.